The molecule has 20 heteroatoms. The Kier molecular flexibility index (Phi) is 15.1. The number of carbonyl (C=O) groups is 2. The summed E-state index contributed by atoms with van der Waals surface area (Å²) in [7, 11) is 0. The number of ether oxygens (including phenoxy) is 2. The number of alkyl halides is 1. The van der Waals surface area contributed by atoms with Crippen LogP contribution in [0.2, 0.25) is 0 Å². The van der Waals surface area contributed by atoms with Crippen LogP contribution in [0.5, 0.6) is 17.6 Å². The van der Waals surface area contributed by atoms with Crippen molar-refractivity contribution >= 4 is 50.6 Å². The number of aliphatic hydroxyl groups is 1. The number of aryl methyl sites for hydroxylation is 2. The van der Waals surface area contributed by atoms with Gasteiger partial charge in [-0.1, -0.05) is 63.2 Å². The summed E-state index contributed by atoms with van der Waals surface area (Å²) in [5.41, 5.74) is 4.53. The summed E-state index contributed by atoms with van der Waals surface area (Å²) >= 11 is 1.57. The minimum atomic E-state index is -1.75. The van der Waals surface area contributed by atoms with Crippen LogP contribution in [0, 0.1) is 18.7 Å². The van der Waals surface area contributed by atoms with Crippen LogP contribution in [0.3, 0.4) is 0 Å². The van der Waals surface area contributed by atoms with E-state index < -0.39 is 35.5 Å². The highest BCUT2D eigenvalue weighted by Crippen LogP contribution is 2.40. The maximum atomic E-state index is 17.2. The smallest absolute Gasteiger partial charge is 0.319 e. The number of piperidine rings is 1. The number of nitrogens with zero attached hydrogens (tertiary/aromatic N) is 7. The Labute approximate surface area is 455 Å². The maximum absolute atomic E-state index is 17.2. The second-order valence-electron chi connectivity index (χ2n) is 21.9. The van der Waals surface area contributed by atoms with Gasteiger partial charge in [-0.25, -0.2) is 13.8 Å². The third-order valence-corrected chi connectivity index (χ3v) is 17.0. The number of phenols is 1. The van der Waals surface area contributed by atoms with Gasteiger partial charge in [0.1, 0.15) is 47.0 Å². The number of piperazine rings is 1. The number of phenolic OH excluding ortho intramolecular Hbond substituents is 1. The summed E-state index contributed by atoms with van der Waals surface area (Å²) in [6, 6.07) is 17.4. The van der Waals surface area contributed by atoms with Crippen molar-refractivity contribution in [3.8, 4) is 39.3 Å². The second-order valence-corrected chi connectivity index (χ2v) is 22.8. The zero-order valence-corrected chi connectivity index (χ0v) is 45.3. The van der Waals surface area contributed by atoms with E-state index in [0.29, 0.717) is 49.2 Å². The summed E-state index contributed by atoms with van der Waals surface area (Å²) in [6.07, 6.45) is 4.22. The molecule has 5 N–H and O–H groups in total. The number of amides is 2. The van der Waals surface area contributed by atoms with Crippen molar-refractivity contribution in [1.29, 1.82) is 0 Å². The van der Waals surface area contributed by atoms with Crippen molar-refractivity contribution in [3.05, 3.63) is 101 Å². The number of likely N-dealkylation sites (tertiary alicyclic amines) is 1. The standard InChI is InChI=1S/C58H66F2N10O7S/c1-6-34-8-7-9-37-20-41(71)21-43(49(34)37)51-50(59)52-44(25-62-51)54(69-26-39-14-15-40(27-69)65-39)67-57(66-52)75-19-16-38-24-58(60,17-18-61-38)29-76-47-23-46(77-68-47)48(31(2)3)56(74)70-28-42(72)22-45(70)55(73)64-32(4)35-10-12-36(13-11-35)53-33(5)63-30-78-53/h7-13,20-21,23,25,30-32,38-40,42,45,48,61,65,71-72H,6,14-19,22,24,26-29H2,1-5H3,(H,64,73)/t32-,38?,39?,40?,42+,45-,48+,58?/m0/s1. The maximum Gasteiger partial charge on any atom is 0.319 e. The third kappa shape index (κ3) is 10.8. The number of nitrogens with one attached hydrogen (secondary N) is 3. The van der Waals surface area contributed by atoms with Crippen LogP contribution in [0.15, 0.2) is 76.9 Å². The lowest BCUT2D eigenvalue weighted by Crippen LogP contribution is -2.51. The van der Waals surface area contributed by atoms with Crippen LogP contribution in [0.4, 0.5) is 14.6 Å². The van der Waals surface area contributed by atoms with Crippen LogP contribution >= 0.6 is 11.3 Å². The van der Waals surface area contributed by atoms with E-state index in [1.165, 1.54) is 11.0 Å². The van der Waals surface area contributed by atoms with Crippen molar-refractivity contribution < 1.29 is 42.6 Å². The number of benzene rings is 3. The fourth-order valence-corrected chi connectivity index (χ4v) is 12.8. The molecule has 7 aromatic rings. The van der Waals surface area contributed by atoms with Crippen molar-refractivity contribution in [3.63, 3.8) is 0 Å². The van der Waals surface area contributed by atoms with Gasteiger partial charge in [-0.2, -0.15) is 9.97 Å². The quantitative estimate of drug-likeness (QED) is 0.0578. The first-order valence-corrected chi connectivity index (χ1v) is 28.1. The molecule has 17 nitrogen and oxygen atoms in total. The number of β-amino-alcohol motifs (C(OH)–C–C–N with tert-alkyl or cyclic N) is 1. The fourth-order valence-electron chi connectivity index (χ4n) is 12.0. The van der Waals surface area contributed by atoms with Gasteiger partial charge in [-0.15, -0.1) is 11.3 Å². The zero-order chi connectivity index (χ0) is 54.4. The lowest BCUT2D eigenvalue weighted by atomic mass is 9.89. The number of aliphatic hydroxyl groups excluding tert-OH is 1. The fraction of sp³-hybridized carbons (Fsp3) is 0.466. The van der Waals surface area contributed by atoms with Crippen LogP contribution in [-0.2, 0) is 16.0 Å². The predicted octanol–water partition coefficient (Wildman–Crippen LogP) is 8.50. The average molecular weight is 1090 g/mol. The van der Waals surface area contributed by atoms with Crippen LogP contribution in [0.25, 0.3) is 43.4 Å². The van der Waals surface area contributed by atoms with Crippen molar-refractivity contribution in [2.75, 3.05) is 44.3 Å². The van der Waals surface area contributed by atoms with Gasteiger partial charge in [0.05, 0.1) is 40.2 Å². The molecule has 4 fully saturated rings. The molecule has 8 heterocycles. The number of halogens is 2. The molecular weight excluding hydrogens is 1020 g/mol. The number of carbonyl (C=O) groups excluding carboxylic acids is 2. The summed E-state index contributed by atoms with van der Waals surface area (Å²) < 4.78 is 51.8. The van der Waals surface area contributed by atoms with Gasteiger partial charge in [0, 0.05) is 68.4 Å². The van der Waals surface area contributed by atoms with Gasteiger partial charge in [-0.05, 0) is 103 Å². The Morgan fingerprint density at radius 1 is 1.03 bits per heavy atom. The highest BCUT2D eigenvalue weighted by molar-refractivity contribution is 7.13. The first-order chi connectivity index (χ1) is 37.6. The Morgan fingerprint density at radius 3 is 2.56 bits per heavy atom. The van der Waals surface area contributed by atoms with Gasteiger partial charge in [0.15, 0.2) is 11.6 Å². The number of aromatic hydroxyl groups is 1. The van der Waals surface area contributed by atoms with Crippen LogP contribution in [-0.4, -0.2) is 127 Å². The summed E-state index contributed by atoms with van der Waals surface area (Å²) in [5.74, 6) is -1.82. The molecule has 2 bridgehead atoms. The van der Waals surface area contributed by atoms with E-state index in [-0.39, 0.29) is 110 Å². The van der Waals surface area contributed by atoms with Crippen LogP contribution in [0.1, 0.15) is 101 Å². The first kappa shape index (κ1) is 53.1. The molecule has 78 heavy (non-hydrogen) atoms. The highest BCUT2D eigenvalue weighted by Gasteiger charge is 2.44. The largest absolute Gasteiger partial charge is 0.508 e. The molecule has 0 radical (unpaired) electrons. The van der Waals surface area contributed by atoms with Gasteiger partial charge >= 0.3 is 6.01 Å². The van der Waals surface area contributed by atoms with Crippen molar-refractivity contribution in [2.24, 2.45) is 5.92 Å². The number of anilines is 1. The number of thiazole rings is 1. The van der Waals surface area contributed by atoms with Crippen molar-refractivity contribution in [1.82, 2.24) is 45.9 Å². The molecule has 8 atom stereocenters. The molecule has 4 aliphatic rings. The molecule has 4 aromatic heterocycles. The summed E-state index contributed by atoms with van der Waals surface area (Å²) in [5, 5.41) is 37.8. The number of hydrogen-bond donors (Lipinski definition) is 5. The summed E-state index contributed by atoms with van der Waals surface area (Å²) in [6.45, 7) is 11.1. The second kappa shape index (κ2) is 22.1. The zero-order valence-electron chi connectivity index (χ0n) is 44.5. The topological polar surface area (TPSA) is 213 Å². The minimum absolute atomic E-state index is 0.00225. The van der Waals surface area contributed by atoms with E-state index in [1.54, 1.807) is 29.7 Å². The minimum Gasteiger partial charge on any atom is -0.508 e. The number of aromatic nitrogens is 5. The highest BCUT2D eigenvalue weighted by atomic mass is 32.1. The van der Waals surface area contributed by atoms with Gasteiger partial charge in [0.25, 0.3) is 5.88 Å². The van der Waals surface area contributed by atoms with E-state index in [4.69, 9.17) is 19.0 Å². The molecule has 3 aromatic carbocycles. The molecule has 0 saturated carbocycles. The Morgan fingerprint density at radius 2 is 1.82 bits per heavy atom. The van der Waals surface area contributed by atoms with Gasteiger partial charge in [-0.3, -0.25) is 14.6 Å². The van der Waals surface area contributed by atoms with Crippen molar-refractivity contribution in [2.45, 2.75) is 127 Å². The predicted molar refractivity (Wildman–Crippen MR) is 293 cm³/mol. The molecular formula is C58H66F2N10O7S. The number of rotatable bonds is 17. The number of pyridine rings is 1. The molecule has 11 rings (SSSR count). The Hall–Kier alpha value is -6.87. The van der Waals surface area contributed by atoms with E-state index in [0.717, 1.165) is 50.9 Å². The van der Waals surface area contributed by atoms with Crippen LogP contribution < -0.4 is 30.3 Å². The SMILES string of the molecule is CCc1cccc2cc(O)cc(-c3ncc4c(N5CC6CCC(C5)N6)nc(OCCC5CC(F)(COc6cc([C@H](C(=O)N7C[C@H](O)C[C@H]7C(=O)N[C@@H](C)c7ccc(-c8scnc8C)cc7)C(C)C)on6)CCN5)nc4c3F)c12. The lowest BCUT2D eigenvalue weighted by Gasteiger charge is -2.35. The summed E-state index contributed by atoms with van der Waals surface area (Å²) in [4.78, 5) is 51.4. The molecule has 410 valence electrons. The normalized spacial score (nSPS) is 23.1. The number of hydrogen-bond acceptors (Lipinski definition) is 16. The number of fused-ring (bicyclic) bond motifs is 4. The van der Waals surface area contributed by atoms with Gasteiger partial charge < -0.3 is 50.0 Å². The average Bonchev–Trinajstić information content (AvgIpc) is 4.37. The van der Waals surface area contributed by atoms with Gasteiger partial charge in [0.2, 0.25) is 11.8 Å². The molecule has 4 saturated heterocycles. The molecule has 0 spiro atoms. The van der Waals surface area contributed by atoms with E-state index in [1.807, 2.05) is 82.6 Å². The molecule has 2 amide bonds. The molecule has 4 aliphatic heterocycles. The Bertz CT molecular complexity index is 3330. The lowest BCUT2D eigenvalue weighted by molar-refractivity contribution is -0.141. The monoisotopic (exact) mass is 1080 g/mol. The third-order valence-electron chi connectivity index (χ3n) is 16.0. The first-order valence-electron chi connectivity index (χ1n) is 27.2. The molecule has 4 unspecified atom stereocenters. The van der Waals surface area contributed by atoms with E-state index in [2.05, 4.69) is 41.0 Å². The van der Waals surface area contributed by atoms with E-state index >= 15 is 8.78 Å². The Balaban J connectivity index is 0.738. The van der Waals surface area contributed by atoms with E-state index in [9.17, 15) is 19.8 Å². The molecule has 0 aliphatic carbocycles.